The molecule has 1 fully saturated rings. The van der Waals surface area contributed by atoms with E-state index in [2.05, 4.69) is 22.5 Å². The van der Waals surface area contributed by atoms with Crippen LogP contribution >= 0.6 is 11.6 Å². The lowest BCUT2D eigenvalue weighted by Crippen LogP contribution is -2.15. The molecule has 6 nitrogen and oxygen atoms in total. The fourth-order valence-corrected chi connectivity index (χ4v) is 3.56. The Morgan fingerprint density at radius 2 is 2.19 bits per heavy atom. The first-order valence-electron chi connectivity index (χ1n) is 9.06. The number of benzene rings is 1. The maximum Gasteiger partial charge on any atom is 0.105 e. The fourth-order valence-electron chi connectivity index (χ4n) is 3.24. The molecule has 1 aromatic carbocycles. The lowest BCUT2D eigenvalue weighted by molar-refractivity contribution is 0.189. The molecule has 138 valence electrons. The first-order valence-corrected chi connectivity index (χ1v) is 9.44. The Labute approximate surface area is 158 Å². The highest BCUT2D eigenvalue weighted by Gasteiger charge is 2.21. The summed E-state index contributed by atoms with van der Waals surface area (Å²) in [4.78, 5) is 0. The molecular weight excluding hydrogens is 350 g/mol. The lowest BCUT2D eigenvalue weighted by atomic mass is 10.1. The zero-order valence-corrected chi connectivity index (χ0v) is 16.0. The zero-order chi connectivity index (χ0) is 18.1. The van der Waals surface area contributed by atoms with E-state index in [1.807, 2.05) is 24.1 Å². The molecule has 1 N–H and O–H groups in total. The summed E-state index contributed by atoms with van der Waals surface area (Å²) < 4.78 is 9.03. The van der Waals surface area contributed by atoms with Gasteiger partial charge in [0.05, 0.1) is 16.7 Å². The molecule has 26 heavy (non-hydrogen) atoms. The predicted octanol–water partition coefficient (Wildman–Crippen LogP) is 3.38. The van der Waals surface area contributed by atoms with E-state index >= 15 is 0 Å². The molecule has 1 saturated carbocycles. The molecule has 7 heteroatoms. The van der Waals surface area contributed by atoms with Gasteiger partial charge in [-0.2, -0.15) is 10.2 Å². The number of hydrogen-bond donors (Lipinski definition) is 1. The Bertz CT molecular complexity index is 912. The van der Waals surface area contributed by atoms with Gasteiger partial charge in [0, 0.05) is 57.0 Å². The first-order chi connectivity index (χ1) is 12.7. The molecular formula is C19H24ClN5O. The highest BCUT2D eigenvalue weighted by atomic mass is 35.5. The third-order valence-electron chi connectivity index (χ3n) is 4.73. The van der Waals surface area contributed by atoms with Crippen LogP contribution in [0.3, 0.4) is 0 Å². The summed E-state index contributed by atoms with van der Waals surface area (Å²) in [6.45, 7) is 2.34. The fraction of sp³-hybridized carbons (Fsp3) is 0.474. The average molecular weight is 374 g/mol. The van der Waals surface area contributed by atoms with Gasteiger partial charge in [-0.25, -0.2) is 0 Å². The maximum absolute atomic E-state index is 6.70. The summed E-state index contributed by atoms with van der Waals surface area (Å²) in [7, 11) is 3.63. The number of fused-ring (bicyclic) bond motifs is 1. The van der Waals surface area contributed by atoms with Gasteiger partial charge in [0.15, 0.2) is 0 Å². The van der Waals surface area contributed by atoms with Gasteiger partial charge in [-0.3, -0.25) is 9.36 Å². The summed E-state index contributed by atoms with van der Waals surface area (Å²) >= 11 is 6.70. The lowest BCUT2D eigenvalue weighted by Gasteiger charge is -2.07. The van der Waals surface area contributed by atoms with Crippen molar-refractivity contribution in [1.82, 2.24) is 24.9 Å². The molecule has 0 amide bonds. The number of rotatable bonds is 8. The van der Waals surface area contributed by atoms with Crippen molar-refractivity contribution in [3.8, 4) is 11.3 Å². The van der Waals surface area contributed by atoms with E-state index in [0.717, 1.165) is 46.7 Å². The predicted molar refractivity (Wildman–Crippen MR) is 103 cm³/mol. The van der Waals surface area contributed by atoms with Crippen LogP contribution in [0.5, 0.6) is 0 Å². The van der Waals surface area contributed by atoms with Gasteiger partial charge in [-0.05, 0) is 37.0 Å². The second-order valence-electron chi connectivity index (χ2n) is 6.95. The Hall–Kier alpha value is -1.89. The second kappa shape index (κ2) is 7.39. The molecule has 1 aliphatic carbocycles. The minimum absolute atomic E-state index is 0.669. The smallest absolute Gasteiger partial charge is 0.105 e. The van der Waals surface area contributed by atoms with E-state index in [1.165, 1.54) is 18.4 Å². The quantitative estimate of drug-likeness (QED) is 0.615. The number of methoxy groups -OCH3 is 1. The van der Waals surface area contributed by atoms with E-state index in [9.17, 15) is 0 Å². The number of aryl methyl sites for hydroxylation is 2. The Kier molecular flexibility index (Phi) is 4.98. The van der Waals surface area contributed by atoms with Gasteiger partial charge < -0.3 is 10.1 Å². The van der Waals surface area contributed by atoms with Crippen molar-refractivity contribution in [2.24, 2.45) is 7.05 Å². The number of nitrogens with zero attached hydrogens (tertiary/aromatic N) is 4. The van der Waals surface area contributed by atoms with Crippen LogP contribution in [0.4, 0.5) is 0 Å². The van der Waals surface area contributed by atoms with Crippen LogP contribution in [-0.4, -0.2) is 39.3 Å². The number of halogens is 1. The van der Waals surface area contributed by atoms with Gasteiger partial charge in [-0.15, -0.1) is 0 Å². The third kappa shape index (κ3) is 3.63. The van der Waals surface area contributed by atoms with Crippen LogP contribution in [0.2, 0.25) is 5.02 Å². The minimum Gasteiger partial charge on any atom is -0.385 e. The van der Waals surface area contributed by atoms with Gasteiger partial charge in [-0.1, -0.05) is 11.6 Å². The van der Waals surface area contributed by atoms with Crippen LogP contribution in [0.1, 0.15) is 24.8 Å². The Balaban J connectivity index is 1.75. The van der Waals surface area contributed by atoms with E-state index in [-0.39, 0.29) is 0 Å². The number of aromatic nitrogens is 4. The van der Waals surface area contributed by atoms with Crippen molar-refractivity contribution < 1.29 is 4.74 Å². The first kappa shape index (κ1) is 17.5. The largest absolute Gasteiger partial charge is 0.385 e. The molecule has 0 atom stereocenters. The van der Waals surface area contributed by atoms with E-state index in [0.29, 0.717) is 12.6 Å². The van der Waals surface area contributed by atoms with Crippen LogP contribution in [0, 0.1) is 0 Å². The van der Waals surface area contributed by atoms with Crippen LogP contribution in [0.15, 0.2) is 24.5 Å². The highest BCUT2D eigenvalue weighted by molar-refractivity contribution is 6.36. The van der Waals surface area contributed by atoms with Crippen LogP contribution in [-0.2, 0) is 24.9 Å². The second-order valence-corrected chi connectivity index (χ2v) is 7.35. The average Bonchev–Trinajstić information content (AvgIpc) is 3.24. The maximum atomic E-state index is 6.70. The molecule has 0 bridgehead atoms. The number of nitrogens with one attached hydrogen (secondary N) is 1. The van der Waals surface area contributed by atoms with Gasteiger partial charge in [0.25, 0.3) is 0 Å². The van der Waals surface area contributed by atoms with Gasteiger partial charge in [0.1, 0.15) is 5.69 Å². The highest BCUT2D eigenvalue weighted by Crippen LogP contribution is 2.34. The Morgan fingerprint density at radius 3 is 2.88 bits per heavy atom. The molecule has 0 aliphatic heterocycles. The minimum atomic E-state index is 0.669. The van der Waals surface area contributed by atoms with E-state index < -0.39 is 0 Å². The topological polar surface area (TPSA) is 56.9 Å². The van der Waals surface area contributed by atoms with Crippen molar-refractivity contribution in [3.05, 3.63) is 35.1 Å². The summed E-state index contributed by atoms with van der Waals surface area (Å²) in [6, 6.07) is 4.93. The number of ether oxygens (including phenoxy) is 1. The summed E-state index contributed by atoms with van der Waals surface area (Å²) in [5.41, 5.74) is 4.13. The molecule has 0 unspecified atom stereocenters. The molecule has 2 heterocycles. The van der Waals surface area contributed by atoms with Crippen molar-refractivity contribution >= 4 is 22.5 Å². The SMILES string of the molecule is COCCCn1nc(-c2cnn(C)c2)c2c(Cl)cc(CNC3CC3)cc21. The van der Waals surface area contributed by atoms with Crippen LogP contribution in [0.25, 0.3) is 22.2 Å². The monoisotopic (exact) mass is 373 g/mol. The molecule has 0 saturated heterocycles. The van der Waals surface area contributed by atoms with Crippen molar-refractivity contribution in [2.75, 3.05) is 13.7 Å². The van der Waals surface area contributed by atoms with Crippen molar-refractivity contribution in [2.45, 2.75) is 38.4 Å². The zero-order valence-electron chi connectivity index (χ0n) is 15.2. The summed E-state index contributed by atoms with van der Waals surface area (Å²) in [5, 5.41) is 14.4. The van der Waals surface area contributed by atoms with E-state index in [1.54, 1.807) is 11.8 Å². The normalized spacial score (nSPS) is 14.4. The molecule has 2 aromatic heterocycles. The number of hydrogen-bond acceptors (Lipinski definition) is 4. The summed E-state index contributed by atoms with van der Waals surface area (Å²) in [6.07, 6.45) is 7.26. The van der Waals surface area contributed by atoms with Gasteiger partial charge in [0.2, 0.25) is 0 Å². The molecule has 0 spiro atoms. The van der Waals surface area contributed by atoms with E-state index in [4.69, 9.17) is 21.4 Å². The summed E-state index contributed by atoms with van der Waals surface area (Å²) in [5.74, 6) is 0. The standard InChI is InChI=1S/C19H24ClN5O/c1-24-12-14(11-22-24)19-18-16(20)8-13(10-21-15-4-5-15)9-17(18)25(23-19)6-3-7-26-2/h8-9,11-12,15,21H,3-7,10H2,1-2H3. The van der Waals surface area contributed by atoms with Crippen molar-refractivity contribution in [3.63, 3.8) is 0 Å². The molecule has 4 rings (SSSR count). The van der Waals surface area contributed by atoms with Crippen LogP contribution < -0.4 is 5.32 Å². The Morgan fingerprint density at radius 1 is 1.35 bits per heavy atom. The molecule has 3 aromatic rings. The van der Waals surface area contributed by atoms with Gasteiger partial charge >= 0.3 is 0 Å². The van der Waals surface area contributed by atoms with Crippen molar-refractivity contribution in [1.29, 1.82) is 0 Å². The molecule has 0 radical (unpaired) electrons. The molecule has 1 aliphatic rings. The third-order valence-corrected chi connectivity index (χ3v) is 5.03.